The molecule has 1 fully saturated rings. The Morgan fingerprint density at radius 3 is 2.88 bits per heavy atom. The topological polar surface area (TPSA) is 50.4 Å². The van der Waals surface area contributed by atoms with Crippen LogP contribution in [0, 0.1) is 0 Å². The fourth-order valence-corrected chi connectivity index (χ4v) is 2.65. The Hall–Kier alpha value is -2.02. The molecule has 2 unspecified atom stereocenters. The summed E-state index contributed by atoms with van der Waals surface area (Å²) in [6, 6.07) is 2.83. The van der Waals surface area contributed by atoms with Gasteiger partial charge in [-0.3, -0.25) is 4.79 Å². The number of rotatable bonds is 5. The van der Waals surface area contributed by atoms with Gasteiger partial charge in [-0.05, 0) is 44.5 Å². The third kappa shape index (κ3) is 4.50. The lowest BCUT2D eigenvalue weighted by Gasteiger charge is -2.30. The summed E-state index contributed by atoms with van der Waals surface area (Å²) in [6.07, 6.45) is -1.38. The summed E-state index contributed by atoms with van der Waals surface area (Å²) in [5.74, 6) is -0.461. The number of hydrogen-bond acceptors (Lipinski definition) is 3. The normalized spacial score (nSPS) is 21.2. The van der Waals surface area contributed by atoms with Crippen molar-refractivity contribution in [3.63, 3.8) is 0 Å². The molecular weight excluding hydrogens is 321 g/mol. The predicted octanol–water partition coefficient (Wildman–Crippen LogP) is 3.14. The molecule has 0 bridgehead atoms. The molecule has 0 saturated carbocycles. The molecule has 1 saturated heterocycles. The highest BCUT2D eigenvalue weighted by molar-refractivity contribution is 5.97. The smallest absolute Gasteiger partial charge is 0.416 e. The SMILES string of the molecule is C=CCOc1ccc(C(F)(F)F)cc1C(=O)NC1CCCNC1C. The Morgan fingerprint density at radius 2 is 2.25 bits per heavy atom. The maximum atomic E-state index is 12.9. The first-order valence-corrected chi connectivity index (χ1v) is 7.82. The van der Waals surface area contributed by atoms with E-state index in [9.17, 15) is 18.0 Å². The molecule has 2 rings (SSSR count). The molecular formula is C17H21F3N2O2. The number of carbonyl (C=O) groups is 1. The molecule has 2 N–H and O–H groups in total. The highest BCUT2D eigenvalue weighted by Crippen LogP contribution is 2.32. The van der Waals surface area contributed by atoms with Crippen LogP contribution < -0.4 is 15.4 Å². The number of amides is 1. The summed E-state index contributed by atoms with van der Waals surface area (Å²) in [7, 11) is 0. The Labute approximate surface area is 139 Å². The van der Waals surface area contributed by atoms with Gasteiger partial charge in [0, 0.05) is 12.1 Å². The fourth-order valence-electron chi connectivity index (χ4n) is 2.65. The van der Waals surface area contributed by atoms with Crippen molar-refractivity contribution in [2.75, 3.05) is 13.2 Å². The molecule has 1 aliphatic heterocycles. The second kappa shape index (κ2) is 7.70. The minimum Gasteiger partial charge on any atom is -0.489 e. The molecule has 0 aromatic heterocycles. The third-order valence-electron chi connectivity index (χ3n) is 3.99. The second-order valence-corrected chi connectivity index (χ2v) is 5.77. The van der Waals surface area contributed by atoms with E-state index in [0.29, 0.717) is 0 Å². The van der Waals surface area contributed by atoms with E-state index in [4.69, 9.17) is 4.74 Å². The summed E-state index contributed by atoms with van der Waals surface area (Å²) in [5, 5.41) is 6.04. The minimum atomic E-state index is -4.52. The minimum absolute atomic E-state index is 0.0612. The number of nitrogens with one attached hydrogen (secondary N) is 2. The van der Waals surface area contributed by atoms with E-state index < -0.39 is 17.6 Å². The fraction of sp³-hybridized carbons (Fsp3) is 0.471. The van der Waals surface area contributed by atoms with Gasteiger partial charge in [-0.15, -0.1) is 0 Å². The average molecular weight is 342 g/mol. The number of alkyl halides is 3. The molecule has 1 heterocycles. The second-order valence-electron chi connectivity index (χ2n) is 5.77. The van der Waals surface area contributed by atoms with Crippen LogP contribution in [0.25, 0.3) is 0 Å². The Kier molecular flexibility index (Phi) is 5.88. The molecule has 1 amide bonds. The lowest BCUT2D eigenvalue weighted by atomic mass is 9.99. The molecule has 4 nitrogen and oxygen atoms in total. The molecule has 1 aromatic carbocycles. The van der Waals surface area contributed by atoms with Crippen molar-refractivity contribution < 1.29 is 22.7 Å². The molecule has 132 valence electrons. The van der Waals surface area contributed by atoms with Gasteiger partial charge in [-0.1, -0.05) is 12.7 Å². The Morgan fingerprint density at radius 1 is 1.50 bits per heavy atom. The van der Waals surface area contributed by atoms with Crippen LogP contribution in [0.2, 0.25) is 0 Å². The van der Waals surface area contributed by atoms with Gasteiger partial charge in [0.2, 0.25) is 0 Å². The van der Waals surface area contributed by atoms with Gasteiger partial charge in [0.1, 0.15) is 12.4 Å². The van der Waals surface area contributed by atoms with Crippen LogP contribution in [0.5, 0.6) is 5.75 Å². The Bertz CT molecular complexity index is 602. The molecule has 0 radical (unpaired) electrons. The summed E-state index contributed by atoms with van der Waals surface area (Å²) in [5.41, 5.74) is -1.00. The molecule has 1 aliphatic rings. The van der Waals surface area contributed by atoms with Gasteiger partial charge in [-0.2, -0.15) is 13.2 Å². The van der Waals surface area contributed by atoms with Crippen LogP contribution >= 0.6 is 0 Å². The lowest BCUT2D eigenvalue weighted by Crippen LogP contribution is -2.51. The maximum Gasteiger partial charge on any atom is 0.416 e. The van der Waals surface area contributed by atoms with E-state index in [-0.39, 0.29) is 30.0 Å². The maximum absolute atomic E-state index is 12.9. The van der Waals surface area contributed by atoms with Gasteiger partial charge >= 0.3 is 6.18 Å². The number of ether oxygens (including phenoxy) is 1. The largest absolute Gasteiger partial charge is 0.489 e. The Balaban J connectivity index is 2.26. The van der Waals surface area contributed by atoms with Crippen LogP contribution in [0.1, 0.15) is 35.7 Å². The first-order valence-electron chi connectivity index (χ1n) is 7.82. The number of carbonyl (C=O) groups excluding carboxylic acids is 1. The number of hydrogen-bond donors (Lipinski definition) is 2. The summed E-state index contributed by atoms with van der Waals surface area (Å²) in [6.45, 7) is 6.40. The van der Waals surface area contributed by atoms with Crippen LogP contribution in [0.3, 0.4) is 0 Å². The van der Waals surface area contributed by atoms with Crippen molar-refractivity contribution in [2.45, 2.75) is 38.0 Å². The summed E-state index contributed by atoms with van der Waals surface area (Å²) < 4.78 is 44.1. The molecule has 0 aliphatic carbocycles. The zero-order chi connectivity index (χ0) is 17.7. The average Bonchev–Trinajstić information content (AvgIpc) is 2.54. The quantitative estimate of drug-likeness (QED) is 0.809. The zero-order valence-electron chi connectivity index (χ0n) is 13.5. The molecule has 2 atom stereocenters. The van der Waals surface area contributed by atoms with Crippen molar-refractivity contribution in [1.29, 1.82) is 0 Å². The van der Waals surface area contributed by atoms with E-state index in [1.807, 2.05) is 6.92 Å². The third-order valence-corrected chi connectivity index (χ3v) is 3.99. The number of halogens is 3. The van der Waals surface area contributed by atoms with Gasteiger partial charge in [0.15, 0.2) is 0 Å². The summed E-state index contributed by atoms with van der Waals surface area (Å²) in [4.78, 5) is 12.5. The van der Waals surface area contributed by atoms with Gasteiger partial charge in [0.25, 0.3) is 5.91 Å². The van der Waals surface area contributed by atoms with E-state index in [2.05, 4.69) is 17.2 Å². The van der Waals surface area contributed by atoms with Crippen LogP contribution in [-0.2, 0) is 6.18 Å². The van der Waals surface area contributed by atoms with E-state index in [1.54, 1.807) is 0 Å². The van der Waals surface area contributed by atoms with E-state index >= 15 is 0 Å². The van der Waals surface area contributed by atoms with E-state index in [0.717, 1.165) is 31.5 Å². The van der Waals surface area contributed by atoms with Crippen molar-refractivity contribution in [1.82, 2.24) is 10.6 Å². The molecule has 1 aromatic rings. The van der Waals surface area contributed by atoms with Crippen molar-refractivity contribution in [3.05, 3.63) is 42.0 Å². The van der Waals surface area contributed by atoms with Gasteiger partial charge in [-0.25, -0.2) is 0 Å². The van der Waals surface area contributed by atoms with Gasteiger partial charge < -0.3 is 15.4 Å². The van der Waals surface area contributed by atoms with Crippen LogP contribution in [0.15, 0.2) is 30.9 Å². The number of piperidine rings is 1. The standard InChI is InChI=1S/C17H21F3N2O2/c1-3-9-24-15-7-6-12(17(18,19)20)10-13(15)16(23)22-14-5-4-8-21-11(14)2/h3,6-7,10-11,14,21H,1,4-5,8-9H2,2H3,(H,22,23). The first kappa shape index (κ1) is 18.3. The summed E-state index contributed by atoms with van der Waals surface area (Å²) >= 11 is 0. The van der Waals surface area contributed by atoms with Crippen LogP contribution in [-0.4, -0.2) is 31.1 Å². The highest BCUT2D eigenvalue weighted by atomic mass is 19.4. The molecule has 7 heteroatoms. The molecule has 24 heavy (non-hydrogen) atoms. The first-order chi connectivity index (χ1) is 11.3. The van der Waals surface area contributed by atoms with E-state index in [1.165, 1.54) is 12.1 Å². The van der Waals surface area contributed by atoms with Crippen molar-refractivity contribution in [3.8, 4) is 5.75 Å². The zero-order valence-corrected chi connectivity index (χ0v) is 13.5. The van der Waals surface area contributed by atoms with Gasteiger partial charge in [0.05, 0.1) is 11.1 Å². The number of benzene rings is 1. The van der Waals surface area contributed by atoms with Crippen LogP contribution in [0.4, 0.5) is 13.2 Å². The predicted molar refractivity (Wildman–Crippen MR) is 85.1 cm³/mol. The highest BCUT2D eigenvalue weighted by Gasteiger charge is 2.32. The molecule has 0 spiro atoms. The van der Waals surface area contributed by atoms with Crippen molar-refractivity contribution >= 4 is 5.91 Å². The monoisotopic (exact) mass is 342 g/mol. The lowest BCUT2D eigenvalue weighted by molar-refractivity contribution is -0.137. The van der Waals surface area contributed by atoms with Crippen molar-refractivity contribution in [2.24, 2.45) is 0 Å².